The number of ketones is 1. The first-order valence-electron chi connectivity index (χ1n) is 5.10. The Morgan fingerprint density at radius 3 is 2.54 bits per heavy atom. The molecule has 1 nitrogen and oxygen atoms in total. The second kappa shape index (κ2) is 3.78. The molecule has 0 radical (unpaired) electrons. The SMILES string of the molecule is C[C@@H]1C=CC(=O)C[C@@H]([Si](C)(C)C)C1. The van der Waals surface area contributed by atoms with E-state index in [0.717, 1.165) is 6.42 Å². The van der Waals surface area contributed by atoms with Gasteiger partial charge in [0, 0.05) is 14.5 Å². The van der Waals surface area contributed by atoms with Crippen LogP contribution >= 0.6 is 0 Å². The Kier molecular flexibility index (Phi) is 3.12. The van der Waals surface area contributed by atoms with Crippen LogP contribution in [0.15, 0.2) is 12.2 Å². The van der Waals surface area contributed by atoms with Crippen LogP contribution < -0.4 is 0 Å². The van der Waals surface area contributed by atoms with Crippen LogP contribution in [-0.2, 0) is 4.79 Å². The average Bonchev–Trinajstić information content (AvgIpc) is 2.12. The minimum Gasteiger partial charge on any atom is -0.295 e. The second-order valence-electron chi connectivity index (χ2n) is 5.31. The Morgan fingerprint density at radius 2 is 2.00 bits per heavy atom. The van der Waals surface area contributed by atoms with Crippen LogP contribution in [-0.4, -0.2) is 13.9 Å². The van der Waals surface area contributed by atoms with Crippen molar-refractivity contribution in [2.45, 2.75) is 44.9 Å². The fourth-order valence-electron chi connectivity index (χ4n) is 1.85. The van der Waals surface area contributed by atoms with Crippen LogP contribution in [0.2, 0.25) is 25.2 Å². The summed E-state index contributed by atoms with van der Waals surface area (Å²) < 4.78 is 0. The molecule has 2 atom stereocenters. The predicted octanol–water partition coefficient (Wildman–Crippen LogP) is 3.25. The van der Waals surface area contributed by atoms with E-state index in [1.165, 1.54) is 6.42 Å². The van der Waals surface area contributed by atoms with Crippen LogP contribution in [0.1, 0.15) is 19.8 Å². The highest BCUT2D eigenvalue weighted by atomic mass is 28.3. The lowest BCUT2D eigenvalue weighted by molar-refractivity contribution is -0.114. The van der Waals surface area contributed by atoms with Gasteiger partial charge < -0.3 is 0 Å². The molecule has 0 unspecified atom stereocenters. The zero-order valence-electron chi connectivity index (χ0n) is 9.13. The first kappa shape index (κ1) is 10.7. The van der Waals surface area contributed by atoms with Crippen LogP contribution in [0.5, 0.6) is 0 Å². The maximum atomic E-state index is 11.4. The number of hydrogen-bond donors (Lipinski definition) is 0. The lowest BCUT2D eigenvalue weighted by Crippen LogP contribution is -2.29. The highest BCUT2D eigenvalue weighted by molar-refractivity contribution is 6.77. The number of allylic oxidation sites excluding steroid dienone is 2. The van der Waals surface area contributed by atoms with Crippen LogP contribution in [0.25, 0.3) is 0 Å². The Balaban J connectivity index is 2.74. The summed E-state index contributed by atoms with van der Waals surface area (Å²) in [5.41, 5.74) is 0.671. The molecule has 1 aliphatic carbocycles. The van der Waals surface area contributed by atoms with Gasteiger partial charge in [-0.15, -0.1) is 0 Å². The highest BCUT2D eigenvalue weighted by Gasteiger charge is 2.30. The number of carbonyl (C=O) groups excluding carboxylic acids is 1. The van der Waals surface area contributed by atoms with Crippen molar-refractivity contribution in [2.75, 3.05) is 0 Å². The predicted molar refractivity (Wildman–Crippen MR) is 59.6 cm³/mol. The molecular formula is C11H20OSi. The molecule has 0 aromatic heterocycles. The van der Waals surface area contributed by atoms with E-state index in [1.807, 2.05) is 0 Å². The molecule has 74 valence electrons. The third-order valence-corrected chi connectivity index (χ3v) is 5.83. The largest absolute Gasteiger partial charge is 0.295 e. The summed E-state index contributed by atoms with van der Waals surface area (Å²) in [7, 11) is -1.13. The topological polar surface area (TPSA) is 17.1 Å². The van der Waals surface area contributed by atoms with Gasteiger partial charge in [0.25, 0.3) is 0 Å². The quantitative estimate of drug-likeness (QED) is 0.588. The van der Waals surface area contributed by atoms with Crippen molar-refractivity contribution in [1.29, 1.82) is 0 Å². The van der Waals surface area contributed by atoms with Gasteiger partial charge in [0.2, 0.25) is 0 Å². The van der Waals surface area contributed by atoms with Crippen molar-refractivity contribution in [3.63, 3.8) is 0 Å². The number of hydrogen-bond acceptors (Lipinski definition) is 1. The van der Waals surface area contributed by atoms with Crippen molar-refractivity contribution < 1.29 is 4.79 Å². The Hall–Kier alpha value is -0.373. The maximum absolute atomic E-state index is 11.4. The van der Waals surface area contributed by atoms with Crippen molar-refractivity contribution in [2.24, 2.45) is 5.92 Å². The molecule has 0 spiro atoms. The van der Waals surface area contributed by atoms with Crippen molar-refractivity contribution in [1.82, 2.24) is 0 Å². The molecule has 0 fully saturated rings. The third kappa shape index (κ3) is 3.11. The molecule has 0 amide bonds. The average molecular weight is 196 g/mol. The summed E-state index contributed by atoms with van der Waals surface area (Å²) in [5, 5.41) is 0. The number of rotatable bonds is 1. The Bertz CT molecular complexity index is 225. The van der Waals surface area contributed by atoms with E-state index in [-0.39, 0.29) is 0 Å². The zero-order chi connectivity index (χ0) is 10.1. The van der Waals surface area contributed by atoms with Gasteiger partial charge in [-0.1, -0.05) is 32.6 Å². The molecule has 13 heavy (non-hydrogen) atoms. The minimum absolute atomic E-state index is 0.330. The molecule has 0 heterocycles. The van der Waals surface area contributed by atoms with Crippen LogP contribution in [0, 0.1) is 5.92 Å². The van der Waals surface area contributed by atoms with Crippen molar-refractivity contribution >= 4 is 13.9 Å². The summed E-state index contributed by atoms with van der Waals surface area (Å²) in [5.74, 6) is 0.917. The molecule has 0 aliphatic heterocycles. The molecule has 0 saturated heterocycles. The van der Waals surface area contributed by atoms with Gasteiger partial charge in [0.15, 0.2) is 5.78 Å². The molecule has 0 N–H and O–H groups in total. The molecule has 1 aliphatic rings. The Morgan fingerprint density at radius 1 is 1.38 bits per heavy atom. The van der Waals surface area contributed by atoms with Gasteiger partial charge in [-0.25, -0.2) is 0 Å². The van der Waals surface area contributed by atoms with E-state index in [1.54, 1.807) is 6.08 Å². The summed E-state index contributed by atoms with van der Waals surface area (Å²) >= 11 is 0. The molecule has 0 aromatic carbocycles. The zero-order valence-corrected chi connectivity index (χ0v) is 10.1. The molecule has 0 bridgehead atoms. The summed E-state index contributed by atoms with van der Waals surface area (Å²) in [4.78, 5) is 11.4. The monoisotopic (exact) mass is 196 g/mol. The van der Waals surface area contributed by atoms with E-state index in [2.05, 4.69) is 32.6 Å². The standard InChI is InChI=1S/C11H20OSi/c1-9-5-6-10(12)8-11(7-9)13(2,3)4/h5-6,9,11H,7-8H2,1-4H3/t9-,11+/m1/s1. The smallest absolute Gasteiger partial charge is 0.155 e. The molecular weight excluding hydrogens is 176 g/mol. The van der Waals surface area contributed by atoms with Gasteiger partial charge in [0.05, 0.1) is 0 Å². The van der Waals surface area contributed by atoms with E-state index in [9.17, 15) is 4.79 Å². The summed E-state index contributed by atoms with van der Waals surface area (Å²) in [6.45, 7) is 9.30. The molecule has 2 heteroatoms. The first-order chi connectivity index (χ1) is 5.89. The van der Waals surface area contributed by atoms with Gasteiger partial charge >= 0.3 is 0 Å². The summed E-state index contributed by atoms with van der Waals surface area (Å²) in [6.07, 6.45) is 5.85. The number of carbonyl (C=O) groups is 1. The van der Waals surface area contributed by atoms with Crippen LogP contribution in [0.4, 0.5) is 0 Å². The normalized spacial score (nSPS) is 30.3. The van der Waals surface area contributed by atoms with E-state index in [0.29, 0.717) is 17.2 Å². The van der Waals surface area contributed by atoms with Crippen molar-refractivity contribution in [3.05, 3.63) is 12.2 Å². The second-order valence-corrected chi connectivity index (χ2v) is 10.9. The maximum Gasteiger partial charge on any atom is 0.155 e. The van der Waals surface area contributed by atoms with Gasteiger partial charge in [-0.3, -0.25) is 4.79 Å². The van der Waals surface area contributed by atoms with Gasteiger partial charge in [-0.2, -0.15) is 0 Å². The van der Waals surface area contributed by atoms with E-state index in [4.69, 9.17) is 0 Å². The molecule has 1 rings (SSSR count). The van der Waals surface area contributed by atoms with Gasteiger partial charge in [0.1, 0.15) is 0 Å². The molecule has 0 aromatic rings. The summed E-state index contributed by atoms with van der Waals surface area (Å²) in [6, 6.07) is 0. The highest BCUT2D eigenvalue weighted by Crippen LogP contribution is 2.34. The van der Waals surface area contributed by atoms with E-state index < -0.39 is 8.07 Å². The molecule has 0 saturated carbocycles. The fourth-order valence-corrected chi connectivity index (χ4v) is 3.75. The van der Waals surface area contributed by atoms with Crippen LogP contribution in [0.3, 0.4) is 0 Å². The fraction of sp³-hybridized carbons (Fsp3) is 0.727. The first-order valence-corrected chi connectivity index (χ1v) is 8.68. The lowest BCUT2D eigenvalue weighted by atomic mass is 10.1. The minimum atomic E-state index is -1.13. The van der Waals surface area contributed by atoms with Gasteiger partial charge in [-0.05, 0) is 24.0 Å². The van der Waals surface area contributed by atoms with E-state index >= 15 is 0 Å². The lowest BCUT2D eigenvalue weighted by Gasteiger charge is -2.28. The van der Waals surface area contributed by atoms with Crippen molar-refractivity contribution in [3.8, 4) is 0 Å². The third-order valence-electron chi connectivity index (χ3n) is 2.94. The Labute approximate surface area is 82.2 Å².